The van der Waals surface area contributed by atoms with Gasteiger partial charge in [-0.1, -0.05) is 47.5 Å². The van der Waals surface area contributed by atoms with Gasteiger partial charge in [0, 0.05) is 12.0 Å². The summed E-state index contributed by atoms with van der Waals surface area (Å²) in [6.07, 6.45) is -0.256. The quantitative estimate of drug-likeness (QED) is 0.619. The van der Waals surface area contributed by atoms with Crippen LogP contribution in [0.15, 0.2) is 71.6 Å². The molecule has 0 saturated heterocycles. The Hall–Kier alpha value is -3.16. The second-order valence-electron chi connectivity index (χ2n) is 7.78. The zero-order valence-electron chi connectivity index (χ0n) is 17.3. The van der Waals surface area contributed by atoms with Crippen molar-refractivity contribution in [3.8, 4) is 5.75 Å². The third-order valence-corrected chi connectivity index (χ3v) is 6.24. The van der Waals surface area contributed by atoms with E-state index in [1.807, 2.05) is 50.2 Å². The van der Waals surface area contributed by atoms with E-state index in [1.54, 1.807) is 29.2 Å². The van der Waals surface area contributed by atoms with Gasteiger partial charge in [0.2, 0.25) is 0 Å². The van der Waals surface area contributed by atoms with E-state index in [0.29, 0.717) is 22.6 Å². The van der Waals surface area contributed by atoms with Crippen LogP contribution >= 0.6 is 0 Å². The van der Waals surface area contributed by atoms with E-state index in [1.165, 1.54) is 6.07 Å². The van der Waals surface area contributed by atoms with E-state index >= 15 is 0 Å². The number of carbonyl (C=O) groups excluding carboxylic acids is 1. The Morgan fingerprint density at radius 3 is 2.52 bits per heavy atom. The van der Waals surface area contributed by atoms with E-state index in [-0.39, 0.29) is 23.8 Å². The summed E-state index contributed by atoms with van der Waals surface area (Å²) in [4.78, 5) is 14.9. The SMILES string of the molecule is Cc1cccc(C(=O)N2CC(Cc3cc(C)ccc3S(=O)(=O)O)Oc3ccccc32)c1. The molecule has 0 aliphatic carbocycles. The van der Waals surface area contributed by atoms with Gasteiger partial charge >= 0.3 is 0 Å². The van der Waals surface area contributed by atoms with Gasteiger partial charge in [0.1, 0.15) is 11.9 Å². The Kier molecular flexibility index (Phi) is 5.56. The highest BCUT2D eigenvalue weighted by atomic mass is 32.2. The normalized spacial score (nSPS) is 15.8. The molecule has 1 amide bonds. The largest absolute Gasteiger partial charge is 0.486 e. The Labute approximate surface area is 181 Å². The summed E-state index contributed by atoms with van der Waals surface area (Å²) in [7, 11) is -4.38. The molecule has 1 aliphatic rings. The van der Waals surface area contributed by atoms with E-state index in [4.69, 9.17) is 4.74 Å². The van der Waals surface area contributed by atoms with Gasteiger partial charge in [0.15, 0.2) is 0 Å². The van der Waals surface area contributed by atoms with Gasteiger partial charge in [0.25, 0.3) is 16.0 Å². The second kappa shape index (κ2) is 8.17. The molecule has 1 heterocycles. The van der Waals surface area contributed by atoms with Crippen molar-refractivity contribution in [3.63, 3.8) is 0 Å². The number of anilines is 1. The predicted octanol–water partition coefficient (Wildman–Crippen LogP) is 4.20. The van der Waals surface area contributed by atoms with Gasteiger partial charge in [-0.25, -0.2) is 0 Å². The van der Waals surface area contributed by atoms with Crippen molar-refractivity contribution in [3.05, 3.63) is 89.0 Å². The highest BCUT2D eigenvalue weighted by Crippen LogP contribution is 2.35. The van der Waals surface area contributed by atoms with Crippen LogP contribution < -0.4 is 9.64 Å². The van der Waals surface area contributed by atoms with Crippen molar-refractivity contribution in [2.24, 2.45) is 0 Å². The number of para-hydroxylation sites is 2. The predicted molar refractivity (Wildman–Crippen MR) is 118 cm³/mol. The summed E-state index contributed by atoms with van der Waals surface area (Å²) in [5.41, 5.74) is 3.55. The molecule has 0 saturated carbocycles. The van der Waals surface area contributed by atoms with E-state index in [9.17, 15) is 17.8 Å². The lowest BCUT2D eigenvalue weighted by molar-refractivity contribution is 0.0955. The van der Waals surface area contributed by atoms with Crippen molar-refractivity contribution in [1.29, 1.82) is 0 Å². The second-order valence-corrected chi connectivity index (χ2v) is 9.17. The zero-order chi connectivity index (χ0) is 22.2. The average Bonchev–Trinajstić information content (AvgIpc) is 2.72. The summed E-state index contributed by atoms with van der Waals surface area (Å²) in [5, 5.41) is 0. The maximum absolute atomic E-state index is 13.3. The minimum absolute atomic E-state index is 0.142. The molecular formula is C24H23NO5S. The van der Waals surface area contributed by atoms with Gasteiger partial charge in [-0.15, -0.1) is 0 Å². The van der Waals surface area contributed by atoms with E-state index in [0.717, 1.165) is 11.1 Å². The van der Waals surface area contributed by atoms with Crippen LogP contribution in [0.25, 0.3) is 0 Å². The maximum Gasteiger partial charge on any atom is 0.294 e. The molecule has 1 atom stereocenters. The van der Waals surface area contributed by atoms with Gasteiger partial charge in [-0.05, 0) is 49.7 Å². The number of nitrogens with zero attached hydrogens (tertiary/aromatic N) is 1. The molecule has 1 N–H and O–H groups in total. The number of amides is 1. The molecule has 31 heavy (non-hydrogen) atoms. The molecule has 3 aromatic carbocycles. The Balaban J connectivity index is 1.70. The monoisotopic (exact) mass is 437 g/mol. The van der Waals surface area contributed by atoms with Crippen LogP contribution in [0.3, 0.4) is 0 Å². The molecule has 1 unspecified atom stereocenters. The smallest absolute Gasteiger partial charge is 0.294 e. The topological polar surface area (TPSA) is 83.9 Å². The molecule has 0 radical (unpaired) electrons. The lowest BCUT2D eigenvalue weighted by Crippen LogP contribution is -2.44. The van der Waals surface area contributed by atoms with Crippen LogP contribution in [-0.4, -0.2) is 31.5 Å². The van der Waals surface area contributed by atoms with Crippen molar-refractivity contribution in [2.45, 2.75) is 31.3 Å². The average molecular weight is 438 g/mol. The lowest BCUT2D eigenvalue weighted by Gasteiger charge is -2.35. The fourth-order valence-corrected chi connectivity index (χ4v) is 4.61. The minimum Gasteiger partial charge on any atom is -0.486 e. The van der Waals surface area contributed by atoms with Gasteiger partial charge in [0.05, 0.1) is 17.1 Å². The minimum atomic E-state index is -4.38. The van der Waals surface area contributed by atoms with Crippen molar-refractivity contribution >= 4 is 21.7 Å². The summed E-state index contributed by atoms with van der Waals surface area (Å²) in [6.45, 7) is 4.03. The van der Waals surface area contributed by atoms with Crippen molar-refractivity contribution in [1.82, 2.24) is 0 Å². The third kappa shape index (κ3) is 4.47. The molecule has 3 aromatic rings. The molecule has 1 aliphatic heterocycles. The molecule has 0 fully saturated rings. The molecule has 0 bridgehead atoms. The van der Waals surface area contributed by atoms with Crippen LogP contribution in [-0.2, 0) is 16.5 Å². The Bertz CT molecular complexity index is 1250. The molecule has 160 valence electrons. The van der Waals surface area contributed by atoms with E-state index < -0.39 is 16.2 Å². The van der Waals surface area contributed by atoms with Crippen molar-refractivity contribution < 1.29 is 22.5 Å². The summed E-state index contributed by atoms with van der Waals surface area (Å²) in [6, 6.07) is 19.4. The van der Waals surface area contributed by atoms with Gasteiger partial charge in [-0.3, -0.25) is 9.35 Å². The molecule has 4 rings (SSSR count). The van der Waals surface area contributed by atoms with Crippen LogP contribution in [0.1, 0.15) is 27.0 Å². The maximum atomic E-state index is 13.3. The van der Waals surface area contributed by atoms with Gasteiger partial charge in [-0.2, -0.15) is 8.42 Å². The Morgan fingerprint density at radius 1 is 1.03 bits per heavy atom. The lowest BCUT2D eigenvalue weighted by atomic mass is 10.0. The fourth-order valence-electron chi connectivity index (χ4n) is 3.90. The third-order valence-electron chi connectivity index (χ3n) is 5.29. The first-order valence-electron chi connectivity index (χ1n) is 9.93. The highest BCUT2D eigenvalue weighted by Gasteiger charge is 2.31. The highest BCUT2D eigenvalue weighted by molar-refractivity contribution is 7.85. The van der Waals surface area contributed by atoms with Crippen LogP contribution in [0.4, 0.5) is 5.69 Å². The number of rotatable bonds is 4. The Morgan fingerprint density at radius 2 is 1.77 bits per heavy atom. The van der Waals surface area contributed by atoms with Crippen LogP contribution in [0.5, 0.6) is 5.75 Å². The molecule has 7 heteroatoms. The summed E-state index contributed by atoms with van der Waals surface area (Å²) < 4.78 is 39.4. The first-order chi connectivity index (χ1) is 14.7. The number of aryl methyl sites for hydroxylation is 2. The molecule has 6 nitrogen and oxygen atoms in total. The molecule has 0 aromatic heterocycles. The van der Waals surface area contributed by atoms with Crippen molar-refractivity contribution in [2.75, 3.05) is 11.4 Å². The molecular weight excluding hydrogens is 414 g/mol. The zero-order valence-corrected chi connectivity index (χ0v) is 18.1. The fraction of sp³-hybridized carbons (Fsp3) is 0.208. The standard InChI is InChI=1S/C24H23NO5S/c1-16-6-5-7-18(12-16)24(26)25-15-20(30-22-9-4-3-8-21(22)25)14-19-13-17(2)10-11-23(19)31(27,28)29/h3-13,20H,14-15H2,1-2H3,(H,27,28,29). The molecule has 0 spiro atoms. The first kappa shape index (κ1) is 21.1. The summed E-state index contributed by atoms with van der Waals surface area (Å²) >= 11 is 0. The number of carbonyl (C=O) groups is 1. The number of hydrogen-bond donors (Lipinski definition) is 1. The van der Waals surface area contributed by atoms with Gasteiger partial charge < -0.3 is 9.64 Å². The van der Waals surface area contributed by atoms with Crippen LogP contribution in [0.2, 0.25) is 0 Å². The number of ether oxygens (including phenoxy) is 1. The number of benzene rings is 3. The van der Waals surface area contributed by atoms with Crippen LogP contribution in [0, 0.1) is 13.8 Å². The van der Waals surface area contributed by atoms with E-state index in [2.05, 4.69) is 0 Å². The number of fused-ring (bicyclic) bond motifs is 1. The number of hydrogen-bond acceptors (Lipinski definition) is 4. The summed E-state index contributed by atoms with van der Waals surface area (Å²) in [5.74, 6) is 0.407. The first-order valence-corrected chi connectivity index (χ1v) is 11.4.